The third kappa shape index (κ3) is 3.82. The van der Waals surface area contributed by atoms with Gasteiger partial charge >= 0.3 is 0 Å². The highest BCUT2D eigenvalue weighted by molar-refractivity contribution is 5.50. The number of nitrogens with one attached hydrogen (secondary N) is 1. The van der Waals surface area contributed by atoms with Crippen molar-refractivity contribution in [2.75, 3.05) is 39.2 Å². The quantitative estimate of drug-likeness (QED) is 0.772. The molecule has 1 aromatic heterocycles. The number of para-hydroxylation sites is 1. The normalized spacial score (nSPS) is 26.0. The second kappa shape index (κ2) is 8.19. The van der Waals surface area contributed by atoms with E-state index < -0.39 is 0 Å². The van der Waals surface area contributed by atoms with Crippen LogP contribution in [0.3, 0.4) is 0 Å². The lowest BCUT2D eigenvalue weighted by atomic mass is 9.64. The molecule has 32 heavy (non-hydrogen) atoms. The van der Waals surface area contributed by atoms with Crippen molar-refractivity contribution < 1.29 is 14.2 Å². The zero-order valence-electron chi connectivity index (χ0n) is 19.6. The summed E-state index contributed by atoms with van der Waals surface area (Å²) in [5.41, 5.74) is 2.21. The Morgan fingerprint density at radius 3 is 2.62 bits per heavy atom. The van der Waals surface area contributed by atoms with Crippen LogP contribution in [0, 0.1) is 11.3 Å². The molecule has 1 aromatic carbocycles. The Labute approximate surface area is 190 Å². The monoisotopic (exact) mass is 438 g/mol. The Kier molecular flexibility index (Phi) is 5.50. The smallest absolute Gasteiger partial charge is 0.222 e. The minimum absolute atomic E-state index is 0.0651. The molecule has 2 saturated heterocycles. The van der Waals surface area contributed by atoms with Crippen LogP contribution in [0.2, 0.25) is 0 Å². The lowest BCUT2D eigenvalue weighted by molar-refractivity contribution is -0.174. The van der Waals surface area contributed by atoms with Crippen molar-refractivity contribution >= 4 is 5.95 Å². The first kappa shape index (κ1) is 21.5. The largest absolute Gasteiger partial charge is 0.493 e. The van der Waals surface area contributed by atoms with Gasteiger partial charge in [0.25, 0.3) is 0 Å². The van der Waals surface area contributed by atoms with Crippen molar-refractivity contribution in [3.05, 3.63) is 41.7 Å². The first-order chi connectivity index (χ1) is 15.4. The van der Waals surface area contributed by atoms with Crippen LogP contribution in [-0.4, -0.2) is 54.3 Å². The summed E-state index contributed by atoms with van der Waals surface area (Å²) in [4.78, 5) is 11.2. The number of hydrogen-bond acceptors (Lipinski definition) is 7. The predicted molar refractivity (Wildman–Crippen MR) is 123 cm³/mol. The van der Waals surface area contributed by atoms with Crippen LogP contribution in [-0.2, 0) is 11.3 Å². The van der Waals surface area contributed by atoms with Gasteiger partial charge < -0.3 is 19.5 Å². The minimum atomic E-state index is -0.302. The van der Waals surface area contributed by atoms with E-state index in [2.05, 4.69) is 40.1 Å². The Morgan fingerprint density at radius 1 is 1.19 bits per heavy atom. The summed E-state index contributed by atoms with van der Waals surface area (Å²) >= 11 is 0. The first-order valence-electron chi connectivity index (χ1n) is 11.6. The van der Waals surface area contributed by atoms with E-state index in [0.29, 0.717) is 11.9 Å². The van der Waals surface area contributed by atoms with Gasteiger partial charge in [0, 0.05) is 43.0 Å². The number of anilines is 1. The molecule has 2 aromatic rings. The molecule has 5 rings (SSSR count). The molecule has 172 valence electrons. The average Bonchev–Trinajstić information content (AvgIpc) is 2.81. The molecule has 2 atom stereocenters. The molecule has 0 radical (unpaired) electrons. The number of piperidine rings is 1. The van der Waals surface area contributed by atoms with E-state index in [9.17, 15) is 0 Å². The van der Waals surface area contributed by atoms with E-state index in [1.165, 1.54) is 0 Å². The van der Waals surface area contributed by atoms with Crippen molar-refractivity contribution in [1.29, 1.82) is 0 Å². The zero-order valence-corrected chi connectivity index (χ0v) is 19.6. The van der Waals surface area contributed by atoms with Crippen LogP contribution >= 0.6 is 0 Å². The van der Waals surface area contributed by atoms with Crippen molar-refractivity contribution in [3.63, 3.8) is 0 Å². The van der Waals surface area contributed by atoms with Crippen molar-refractivity contribution in [3.8, 4) is 11.5 Å². The maximum atomic E-state index is 6.63. The molecule has 0 bridgehead atoms. The van der Waals surface area contributed by atoms with E-state index in [0.717, 1.165) is 68.1 Å². The summed E-state index contributed by atoms with van der Waals surface area (Å²) in [6.07, 6.45) is 7.33. The van der Waals surface area contributed by atoms with Crippen LogP contribution in [0.1, 0.15) is 50.3 Å². The maximum Gasteiger partial charge on any atom is 0.222 e. The highest BCUT2D eigenvalue weighted by Gasteiger charge is 2.53. The zero-order chi connectivity index (χ0) is 22.3. The molecule has 0 saturated carbocycles. The van der Waals surface area contributed by atoms with E-state index in [-0.39, 0.29) is 17.1 Å². The Hall–Kier alpha value is -2.38. The molecule has 7 nitrogen and oxygen atoms in total. The maximum absolute atomic E-state index is 6.63. The van der Waals surface area contributed by atoms with Gasteiger partial charge in [-0.25, -0.2) is 9.97 Å². The molecule has 4 heterocycles. The molecule has 0 unspecified atom stereocenters. The van der Waals surface area contributed by atoms with E-state index in [4.69, 9.17) is 14.2 Å². The number of benzene rings is 1. The average molecular weight is 439 g/mol. The van der Waals surface area contributed by atoms with Crippen LogP contribution in [0.4, 0.5) is 5.95 Å². The highest BCUT2D eigenvalue weighted by Crippen LogP contribution is 2.57. The predicted octanol–water partition coefficient (Wildman–Crippen LogP) is 4.06. The van der Waals surface area contributed by atoms with Crippen molar-refractivity contribution in [2.45, 2.75) is 51.4 Å². The molecular formula is C25H34N4O3. The summed E-state index contributed by atoms with van der Waals surface area (Å²) in [6.45, 7) is 8.25. The van der Waals surface area contributed by atoms with Crippen LogP contribution < -0.4 is 14.8 Å². The molecule has 3 aliphatic heterocycles. The second-order valence-electron chi connectivity index (χ2n) is 10.1. The summed E-state index contributed by atoms with van der Waals surface area (Å²) < 4.78 is 18.7. The SMILES string of the molecule is CNc1ncc(CN2CCC3(CC2)CO[C@@H]2c4cccc(OC)c4OC(C)(C)[C@H]2C3)cn1. The van der Waals surface area contributed by atoms with Crippen molar-refractivity contribution in [1.82, 2.24) is 14.9 Å². The Morgan fingerprint density at radius 2 is 1.94 bits per heavy atom. The van der Waals surface area contributed by atoms with E-state index >= 15 is 0 Å². The third-order valence-electron chi connectivity index (χ3n) is 7.63. The first-order valence-corrected chi connectivity index (χ1v) is 11.6. The molecule has 2 fully saturated rings. The lowest BCUT2D eigenvalue weighted by Crippen LogP contribution is -2.54. The van der Waals surface area contributed by atoms with Gasteiger partial charge in [-0.3, -0.25) is 4.90 Å². The van der Waals surface area contributed by atoms with Gasteiger partial charge in [-0.05, 0) is 57.7 Å². The molecule has 7 heteroatoms. The van der Waals surface area contributed by atoms with Gasteiger partial charge in [0.1, 0.15) is 5.60 Å². The number of likely N-dealkylation sites (tertiary alicyclic amines) is 1. The minimum Gasteiger partial charge on any atom is -0.493 e. The molecule has 0 amide bonds. The summed E-state index contributed by atoms with van der Waals surface area (Å²) in [7, 11) is 3.54. The van der Waals surface area contributed by atoms with Gasteiger partial charge in [-0.1, -0.05) is 12.1 Å². The fraction of sp³-hybridized carbons (Fsp3) is 0.600. The van der Waals surface area contributed by atoms with Crippen LogP contribution in [0.25, 0.3) is 0 Å². The number of fused-ring (bicyclic) bond motifs is 3. The van der Waals surface area contributed by atoms with Gasteiger partial charge in [0.2, 0.25) is 5.95 Å². The molecule has 0 aliphatic carbocycles. The number of rotatable bonds is 4. The molecular weight excluding hydrogens is 404 g/mol. The fourth-order valence-electron chi connectivity index (χ4n) is 5.66. The number of nitrogens with zero attached hydrogens (tertiary/aromatic N) is 3. The van der Waals surface area contributed by atoms with Crippen LogP contribution in [0.15, 0.2) is 30.6 Å². The Balaban J connectivity index is 1.28. The lowest BCUT2D eigenvalue weighted by Gasteiger charge is -2.54. The Bertz CT molecular complexity index is 954. The summed E-state index contributed by atoms with van der Waals surface area (Å²) in [5.74, 6) is 2.62. The summed E-state index contributed by atoms with van der Waals surface area (Å²) in [5, 5.41) is 2.97. The number of aromatic nitrogens is 2. The van der Waals surface area contributed by atoms with Gasteiger partial charge in [0.15, 0.2) is 11.5 Å². The van der Waals surface area contributed by atoms with Crippen molar-refractivity contribution in [2.24, 2.45) is 11.3 Å². The number of hydrogen-bond donors (Lipinski definition) is 1. The fourth-order valence-corrected chi connectivity index (χ4v) is 5.66. The van der Waals surface area contributed by atoms with E-state index in [1.807, 2.05) is 31.6 Å². The highest BCUT2D eigenvalue weighted by atomic mass is 16.5. The second-order valence-corrected chi connectivity index (χ2v) is 10.1. The molecule has 1 spiro atoms. The topological polar surface area (TPSA) is 68.7 Å². The molecule has 3 aliphatic rings. The number of ether oxygens (including phenoxy) is 3. The summed E-state index contributed by atoms with van der Waals surface area (Å²) in [6, 6.07) is 6.13. The van der Waals surface area contributed by atoms with Gasteiger partial charge in [-0.15, -0.1) is 0 Å². The third-order valence-corrected chi connectivity index (χ3v) is 7.63. The molecule has 1 N–H and O–H groups in total. The van der Waals surface area contributed by atoms with Gasteiger partial charge in [0.05, 0.1) is 19.8 Å². The number of methoxy groups -OCH3 is 1. The standard InChI is InChI=1S/C25H34N4O3/c1-24(2)19-12-25(16-31-21(19)18-6-5-7-20(30-4)22(18)32-24)8-10-29(11-9-25)15-17-13-27-23(26-3)28-14-17/h5-7,13-14,19,21H,8-12,15-16H2,1-4H3,(H,26,27,28)/t19-,21+/m0/s1. The van der Waals surface area contributed by atoms with Gasteiger partial charge in [-0.2, -0.15) is 0 Å². The van der Waals surface area contributed by atoms with Crippen LogP contribution in [0.5, 0.6) is 11.5 Å². The van der Waals surface area contributed by atoms with E-state index in [1.54, 1.807) is 7.11 Å².